The fraction of sp³-hybridized carbons (Fsp3) is 0.450. The van der Waals surface area contributed by atoms with E-state index < -0.39 is 0 Å². The van der Waals surface area contributed by atoms with Gasteiger partial charge in [-0.1, -0.05) is 32.0 Å². The maximum atomic E-state index is 12.0. The number of hydrogen-bond donors (Lipinski definition) is 2. The maximum Gasteiger partial charge on any atom is 0.245 e. The Hall–Kier alpha value is -2.59. The summed E-state index contributed by atoms with van der Waals surface area (Å²) in [6.45, 7) is 10.1. The van der Waals surface area contributed by atoms with Gasteiger partial charge in [0.2, 0.25) is 11.9 Å². The van der Waals surface area contributed by atoms with Crippen LogP contribution in [0.1, 0.15) is 26.7 Å². The van der Waals surface area contributed by atoms with Crippen LogP contribution in [0.15, 0.2) is 30.1 Å². The first-order valence-electron chi connectivity index (χ1n) is 10.2. The molecule has 0 radical (unpaired) electrons. The van der Waals surface area contributed by atoms with E-state index in [4.69, 9.17) is 16.6 Å². The molecule has 0 unspecified atom stereocenters. The molecule has 3 aromatic heterocycles. The first kappa shape index (κ1) is 21.6. The summed E-state index contributed by atoms with van der Waals surface area (Å²) in [5.74, 6) is 0.884. The lowest BCUT2D eigenvalue weighted by molar-refractivity contribution is -0.126. The number of carbonyl (C=O) groups excluding carboxylic acids is 1. The third kappa shape index (κ3) is 5.01. The molecular formula is C20H25ClN8OS. The number of fused-ring (bicyclic) bond motifs is 1. The smallest absolute Gasteiger partial charge is 0.245 e. The predicted octanol–water partition coefficient (Wildman–Crippen LogP) is 3.87. The summed E-state index contributed by atoms with van der Waals surface area (Å²) in [5.41, 5.74) is 1.30. The second kappa shape index (κ2) is 9.27. The lowest BCUT2D eigenvalue weighted by Crippen LogP contribution is -2.40. The number of nitrogens with one attached hydrogen (secondary N) is 2. The molecule has 3 aromatic rings. The Kier molecular flexibility index (Phi) is 6.47. The number of hydrogen-bond acceptors (Lipinski definition) is 7. The van der Waals surface area contributed by atoms with Crippen molar-refractivity contribution in [3.63, 3.8) is 0 Å². The zero-order chi connectivity index (χ0) is 22.0. The zero-order valence-electron chi connectivity index (χ0n) is 17.5. The van der Waals surface area contributed by atoms with Crippen LogP contribution in [0.3, 0.4) is 0 Å². The number of rotatable bonds is 7. The summed E-state index contributed by atoms with van der Waals surface area (Å²) in [6, 6.07) is 0. The summed E-state index contributed by atoms with van der Waals surface area (Å²) in [7, 11) is 0. The largest absolute Gasteiger partial charge is 0.338 e. The average Bonchev–Trinajstić information content (AvgIpc) is 3.33. The third-order valence-electron chi connectivity index (χ3n) is 4.92. The van der Waals surface area contributed by atoms with E-state index in [0.717, 1.165) is 36.6 Å². The zero-order valence-corrected chi connectivity index (χ0v) is 19.1. The van der Waals surface area contributed by atoms with Gasteiger partial charge in [0.15, 0.2) is 5.65 Å². The maximum absolute atomic E-state index is 12.0. The number of aromatic nitrogens is 6. The standard InChI is InChI=1S/C20H25ClN8OS/c1-4-15(30)28-7-5-6-14(11-28)31-19-16-17(21)26-27-18(16)24-20(25-19)23-13-8-22-29(10-13)9-12(2)3/h4,8,10,12,14H,1,5-7,9,11H2,2-3H3,(H2,23,24,25,26,27)/t14-/m1/s1. The topological polar surface area (TPSA) is 105 Å². The van der Waals surface area contributed by atoms with Crippen LogP contribution in [0.25, 0.3) is 11.0 Å². The molecule has 2 N–H and O–H groups in total. The molecule has 4 heterocycles. The summed E-state index contributed by atoms with van der Waals surface area (Å²) in [5, 5.41) is 16.6. The van der Waals surface area contributed by atoms with E-state index in [9.17, 15) is 4.79 Å². The highest BCUT2D eigenvalue weighted by Crippen LogP contribution is 2.36. The van der Waals surface area contributed by atoms with Gasteiger partial charge in [-0.25, -0.2) is 4.98 Å². The Bertz CT molecular complexity index is 1090. The Morgan fingerprint density at radius 2 is 2.32 bits per heavy atom. The predicted molar refractivity (Wildman–Crippen MR) is 123 cm³/mol. The molecule has 4 rings (SSSR count). The van der Waals surface area contributed by atoms with Crippen LogP contribution in [0.2, 0.25) is 5.15 Å². The van der Waals surface area contributed by atoms with Crippen LogP contribution >= 0.6 is 23.4 Å². The van der Waals surface area contributed by atoms with Crippen molar-refractivity contribution < 1.29 is 4.79 Å². The van der Waals surface area contributed by atoms with Gasteiger partial charge in [0.1, 0.15) is 10.2 Å². The van der Waals surface area contributed by atoms with Crippen LogP contribution in [0.5, 0.6) is 0 Å². The van der Waals surface area contributed by atoms with Crippen LogP contribution in [0, 0.1) is 5.92 Å². The molecule has 1 aliphatic heterocycles. The number of thioether (sulfide) groups is 1. The fourth-order valence-corrected chi connectivity index (χ4v) is 5.13. The number of amides is 1. The number of anilines is 2. The Morgan fingerprint density at radius 3 is 3.10 bits per heavy atom. The van der Waals surface area contributed by atoms with Gasteiger partial charge in [0, 0.05) is 31.1 Å². The summed E-state index contributed by atoms with van der Waals surface area (Å²) in [4.78, 5) is 23.1. The number of likely N-dealkylation sites (tertiary alicyclic amines) is 1. The van der Waals surface area contributed by atoms with Crippen LogP contribution in [0.4, 0.5) is 11.6 Å². The molecule has 1 amide bonds. The summed E-state index contributed by atoms with van der Waals surface area (Å²) >= 11 is 7.94. The van der Waals surface area contributed by atoms with Crippen molar-refractivity contribution >= 4 is 51.9 Å². The van der Waals surface area contributed by atoms with Gasteiger partial charge < -0.3 is 10.2 Å². The first-order valence-corrected chi connectivity index (χ1v) is 11.5. The normalized spacial score (nSPS) is 16.8. The first-order chi connectivity index (χ1) is 14.9. The lowest BCUT2D eigenvalue weighted by atomic mass is 10.1. The highest BCUT2D eigenvalue weighted by Gasteiger charge is 2.25. The van der Waals surface area contributed by atoms with Crippen molar-refractivity contribution in [2.24, 2.45) is 5.92 Å². The second-order valence-electron chi connectivity index (χ2n) is 7.93. The molecule has 0 spiro atoms. The molecular weight excluding hydrogens is 436 g/mol. The van der Waals surface area contributed by atoms with Gasteiger partial charge in [-0.05, 0) is 24.8 Å². The van der Waals surface area contributed by atoms with Crippen LogP contribution in [-0.2, 0) is 11.3 Å². The van der Waals surface area contributed by atoms with Gasteiger partial charge in [-0.2, -0.15) is 15.2 Å². The van der Waals surface area contributed by atoms with Gasteiger partial charge in [-0.3, -0.25) is 14.6 Å². The van der Waals surface area contributed by atoms with Crippen molar-refractivity contribution in [3.8, 4) is 0 Å². The highest BCUT2D eigenvalue weighted by molar-refractivity contribution is 8.00. The van der Waals surface area contributed by atoms with E-state index in [-0.39, 0.29) is 11.2 Å². The molecule has 0 bridgehead atoms. The molecule has 1 fully saturated rings. The number of piperidine rings is 1. The minimum Gasteiger partial charge on any atom is -0.338 e. The van der Waals surface area contributed by atoms with E-state index in [0.29, 0.717) is 34.6 Å². The molecule has 1 aliphatic rings. The Labute approximate surface area is 189 Å². The number of aromatic amines is 1. The number of halogens is 1. The van der Waals surface area contributed by atoms with Gasteiger partial charge in [0.05, 0.1) is 17.3 Å². The van der Waals surface area contributed by atoms with Gasteiger partial charge >= 0.3 is 0 Å². The van der Waals surface area contributed by atoms with Crippen molar-refractivity contribution in [2.75, 3.05) is 18.4 Å². The SMILES string of the molecule is C=CC(=O)N1CCC[C@@H](Sc2nc(Nc3cnn(CC(C)C)c3)nc3n[nH]c(Cl)c23)C1. The lowest BCUT2D eigenvalue weighted by Gasteiger charge is -2.31. The molecule has 11 heteroatoms. The van der Waals surface area contributed by atoms with Gasteiger partial charge in [0.25, 0.3) is 0 Å². The van der Waals surface area contributed by atoms with Crippen molar-refractivity contribution in [1.29, 1.82) is 0 Å². The number of carbonyl (C=O) groups is 1. The molecule has 0 saturated carbocycles. The van der Waals surface area contributed by atoms with Crippen LogP contribution in [-0.4, -0.2) is 59.1 Å². The van der Waals surface area contributed by atoms with E-state index in [1.165, 1.54) is 6.08 Å². The van der Waals surface area contributed by atoms with Gasteiger partial charge in [-0.15, -0.1) is 11.8 Å². The second-order valence-corrected chi connectivity index (χ2v) is 9.60. The van der Waals surface area contributed by atoms with E-state index >= 15 is 0 Å². The molecule has 1 saturated heterocycles. The molecule has 31 heavy (non-hydrogen) atoms. The Balaban J connectivity index is 1.57. The minimum atomic E-state index is -0.0414. The van der Waals surface area contributed by atoms with E-state index in [1.54, 1.807) is 18.0 Å². The van der Waals surface area contributed by atoms with E-state index in [1.807, 2.05) is 15.8 Å². The highest BCUT2D eigenvalue weighted by atomic mass is 35.5. The number of nitrogens with zero attached hydrogens (tertiary/aromatic N) is 6. The quantitative estimate of drug-likeness (QED) is 0.407. The average molecular weight is 461 g/mol. The molecule has 164 valence electrons. The monoisotopic (exact) mass is 460 g/mol. The van der Waals surface area contributed by atoms with Crippen LogP contribution < -0.4 is 5.32 Å². The third-order valence-corrected chi connectivity index (χ3v) is 6.43. The van der Waals surface area contributed by atoms with Crippen molar-refractivity contribution in [2.45, 2.75) is 43.5 Å². The molecule has 1 atom stereocenters. The summed E-state index contributed by atoms with van der Waals surface area (Å²) < 4.78 is 1.89. The van der Waals surface area contributed by atoms with Crippen molar-refractivity contribution in [1.82, 2.24) is 34.8 Å². The molecule has 9 nitrogen and oxygen atoms in total. The minimum absolute atomic E-state index is 0.0414. The van der Waals surface area contributed by atoms with E-state index in [2.05, 4.69) is 46.0 Å². The molecule has 0 aromatic carbocycles. The van der Waals surface area contributed by atoms with Crippen molar-refractivity contribution in [3.05, 3.63) is 30.2 Å². The molecule has 0 aliphatic carbocycles. The Morgan fingerprint density at radius 1 is 1.48 bits per heavy atom. The summed E-state index contributed by atoms with van der Waals surface area (Å²) in [6.07, 6.45) is 6.96. The number of H-pyrrole nitrogens is 1. The fourth-order valence-electron chi connectivity index (χ4n) is 3.55.